The van der Waals surface area contributed by atoms with E-state index in [0.717, 1.165) is 12.1 Å². The van der Waals surface area contributed by atoms with Gasteiger partial charge in [-0.25, -0.2) is 13.6 Å². The molecule has 0 saturated heterocycles. The highest BCUT2D eigenvalue weighted by molar-refractivity contribution is 7.89. The summed E-state index contributed by atoms with van der Waals surface area (Å²) in [4.78, 5) is -0.509. The monoisotopic (exact) mass is 273 g/mol. The van der Waals surface area contributed by atoms with Crippen LogP contribution in [0.5, 0.6) is 5.75 Å². The SMILES string of the molecule is NS(=O)(=O)c1cc(S)cc(OC(F)(F)F)c1. The number of nitrogens with two attached hydrogens (primary N) is 1. The van der Waals surface area contributed by atoms with E-state index in [1.54, 1.807) is 0 Å². The van der Waals surface area contributed by atoms with Crippen molar-refractivity contribution in [2.45, 2.75) is 16.2 Å². The van der Waals surface area contributed by atoms with E-state index in [1.807, 2.05) is 0 Å². The normalized spacial score (nSPS) is 12.6. The summed E-state index contributed by atoms with van der Waals surface area (Å²) in [6, 6.07) is 2.61. The number of ether oxygens (including phenoxy) is 1. The fourth-order valence-corrected chi connectivity index (χ4v) is 1.84. The van der Waals surface area contributed by atoms with Crippen LogP contribution in [0.3, 0.4) is 0 Å². The first-order valence-electron chi connectivity index (χ1n) is 3.70. The van der Waals surface area contributed by atoms with E-state index in [0.29, 0.717) is 6.07 Å². The molecule has 90 valence electrons. The lowest BCUT2D eigenvalue weighted by molar-refractivity contribution is -0.274. The molecular formula is C7H6F3NO3S2. The molecule has 0 aliphatic rings. The third-order valence-corrected chi connectivity index (χ3v) is 2.58. The summed E-state index contributed by atoms with van der Waals surface area (Å²) in [7, 11) is -4.10. The maximum atomic E-state index is 11.9. The Bertz CT molecular complexity index is 498. The summed E-state index contributed by atoms with van der Waals surface area (Å²) in [6.07, 6.45) is -4.91. The average molecular weight is 273 g/mol. The number of primary sulfonamides is 1. The second kappa shape index (κ2) is 4.15. The maximum Gasteiger partial charge on any atom is 0.573 e. The standard InChI is InChI=1S/C7H6F3NO3S2/c8-7(9,10)14-4-1-5(15)3-6(2-4)16(11,12)13/h1-3,15H,(H2,11,12,13). The van der Waals surface area contributed by atoms with Crippen molar-refractivity contribution in [3.63, 3.8) is 0 Å². The molecule has 0 aliphatic heterocycles. The van der Waals surface area contributed by atoms with Gasteiger partial charge in [-0.05, 0) is 12.1 Å². The summed E-state index contributed by atoms with van der Waals surface area (Å²) >= 11 is 3.74. The van der Waals surface area contributed by atoms with Crippen molar-refractivity contribution in [3.8, 4) is 5.75 Å². The van der Waals surface area contributed by atoms with Gasteiger partial charge in [-0.3, -0.25) is 0 Å². The Labute approximate surface area is 94.7 Å². The second-order valence-electron chi connectivity index (χ2n) is 2.76. The van der Waals surface area contributed by atoms with Gasteiger partial charge in [0, 0.05) is 11.0 Å². The molecule has 0 atom stereocenters. The Morgan fingerprint density at radius 1 is 1.25 bits per heavy atom. The van der Waals surface area contributed by atoms with Crippen molar-refractivity contribution in [1.29, 1.82) is 0 Å². The summed E-state index contributed by atoms with van der Waals surface area (Å²) in [5, 5.41) is 4.76. The number of sulfonamides is 1. The number of hydrogen-bond donors (Lipinski definition) is 2. The quantitative estimate of drug-likeness (QED) is 0.803. The summed E-state index contributed by atoms with van der Waals surface area (Å²) in [5.74, 6) is -0.691. The Morgan fingerprint density at radius 2 is 1.81 bits per heavy atom. The van der Waals surface area contributed by atoms with Gasteiger partial charge in [0.1, 0.15) is 5.75 Å². The molecule has 0 bridgehead atoms. The third-order valence-electron chi connectivity index (χ3n) is 1.43. The Hall–Kier alpha value is -0.930. The second-order valence-corrected chi connectivity index (χ2v) is 4.83. The molecule has 2 N–H and O–H groups in total. The van der Waals surface area contributed by atoms with Crippen LogP contribution < -0.4 is 9.88 Å². The first-order chi connectivity index (χ1) is 7.08. The van der Waals surface area contributed by atoms with Gasteiger partial charge in [-0.2, -0.15) is 0 Å². The van der Waals surface area contributed by atoms with Crippen LogP contribution in [0.25, 0.3) is 0 Å². The zero-order valence-corrected chi connectivity index (χ0v) is 9.23. The molecule has 0 amide bonds. The molecule has 0 saturated carbocycles. The Balaban J connectivity index is 3.19. The molecule has 1 aromatic carbocycles. The lowest BCUT2D eigenvalue weighted by Gasteiger charge is -2.10. The van der Waals surface area contributed by atoms with Gasteiger partial charge in [0.05, 0.1) is 4.90 Å². The van der Waals surface area contributed by atoms with Crippen molar-refractivity contribution < 1.29 is 26.3 Å². The van der Waals surface area contributed by atoms with Gasteiger partial charge < -0.3 is 4.74 Å². The number of rotatable bonds is 2. The van der Waals surface area contributed by atoms with Crippen LogP contribution >= 0.6 is 12.6 Å². The highest BCUT2D eigenvalue weighted by Gasteiger charge is 2.31. The van der Waals surface area contributed by atoms with Crippen LogP contribution in [0.15, 0.2) is 28.0 Å². The molecule has 0 fully saturated rings. The van der Waals surface area contributed by atoms with Crippen LogP contribution in [0, 0.1) is 0 Å². The van der Waals surface area contributed by atoms with Gasteiger partial charge in [0.25, 0.3) is 0 Å². The highest BCUT2D eigenvalue weighted by atomic mass is 32.2. The van der Waals surface area contributed by atoms with Crippen molar-refractivity contribution in [1.82, 2.24) is 0 Å². The fourth-order valence-electron chi connectivity index (χ4n) is 0.914. The van der Waals surface area contributed by atoms with Gasteiger partial charge in [0.15, 0.2) is 0 Å². The zero-order valence-electron chi connectivity index (χ0n) is 7.52. The van der Waals surface area contributed by atoms with Gasteiger partial charge in [-0.15, -0.1) is 25.8 Å². The number of hydrogen-bond acceptors (Lipinski definition) is 4. The van der Waals surface area contributed by atoms with E-state index >= 15 is 0 Å². The van der Waals surface area contributed by atoms with Crippen molar-refractivity contribution >= 4 is 22.7 Å². The predicted octanol–water partition coefficient (Wildman–Crippen LogP) is 1.52. The van der Waals surface area contributed by atoms with E-state index in [9.17, 15) is 21.6 Å². The molecule has 16 heavy (non-hydrogen) atoms. The van der Waals surface area contributed by atoms with E-state index in [2.05, 4.69) is 17.4 Å². The van der Waals surface area contributed by atoms with Crippen LogP contribution in [0.4, 0.5) is 13.2 Å². The zero-order chi connectivity index (χ0) is 12.6. The Kier molecular flexibility index (Phi) is 3.41. The molecule has 0 aromatic heterocycles. The minimum atomic E-state index is -4.91. The summed E-state index contributed by atoms with van der Waals surface area (Å²) in [6.45, 7) is 0. The molecule has 0 radical (unpaired) electrons. The third kappa shape index (κ3) is 3.91. The van der Waals surface area contributed by atoms with Gasteiger partial charge in [-0.1, -0.05) is 0 Å². The van der Waals surface area contributed by atoms with Gasteiger partial charge in [0.2, 0.25) is 10.0 Å². The molecule has 9 heteroatoms. The molecule has 0 aliphatic carbocycles. The lowest BCUT2D eigenvalue weighted by atomic mass is 10.3. The summed E-state index contributed by atoms with van der Waals surface area (Å²) in [5.41, 5.74) is 0. The molecule has 4 nitrogen and oxygen atoms in total. The minimum absolute atomic E-state index is 0.00854. The van der Waals surface area contributed by atoms with Gasteiger partial charge >= 0.3 is 6.36 Å². The van der Waals surface area contributed by atoms with Crippen LogP contribution in [-0.4, -0.2) is 14.8 Å². The molecule has 0 heterocycles. The first kappa shape index (κ1) is 13.1. The Morgan fingerprint density at radius 3 is 2.25 bits per heavy atom. The first-order valence-corrected chi connectivity index (χ1v) is 5.70. The number of benzene rings is 1. The topological polar surface area (TPSA) is 69.4 Å². The predicted molar refractivity (Wildman–Crippen MR) is 51.8 cm³/mol. The van der Waals surface area contributed by atoms with Crippen molar-refractivity contribution in [2.24, 2.45) is 5.14 Å². The minimum Gasteiger partial charge on any atom is -0.406 e. The largest absolute Gasteiger partial charge is 0.573 e. The van der Waals surface area contributed by atoms with Crippen molar-refractivity contribution in [3.05, 3.63) is 18.2 Å². The smallest absolute Gasteiger partial charge is 0.406 e. The molecule has 1 rings (SSSR count). The van der Waals surface area contributed by atoms with E-state index in [1.165, 1.54) is 0 Å². The van der Waals surface area contributed by atoms with Crippen LogP contribution in [-0.2, 0) is 10.0 Å². The number of halogens is 3. The molecule has 0 unspecified atom stereocenters. The number of alkyl halides is 3. The average Bonchev–Trinajstić information content (AvgIpc) is 1.97. The highest BCUT2D eigenvalue weighted by Crippen LogP contribution is 2.27. The van der Waals surface area contributed by atoms with Crippen LogP contribution in [0.2, 0.25) is 0 Å². The van der Waals surface area contributed by atoms with Crippen LogP contribution in [0.1, 0.15) is 0 Å². The van der Waals surface area contributed by atoms with E-state index in [4.69, 9.17) is 5.14 Å². The van der Waals surface area contributed by atoms with E-state index in [-0.39, 0.29) is 4.90 Å². The van der Waals surface area contributed by atoms with Crippen molar-refractivity contribution in [2.75, 3.05) is 0 Å². The lowest BCUT2D eigenvalue weighted by Crippen LogP contribution is -2.18. The number of thiol groups is 1. The molecule has 0 spiro atoms. The van der Waals surface area contributed by atoms with E-state index < -0.39 is 27.0 Å². The summed E-state index contributed by atoms with van der Waals surface area (Å²) < 4.78 is 61.0. The molecular weight excluding hydrogens is 267 g/mol. The fraction of sp³-hybridized carbons (Fsp3) is 0.143. The maximum absolute atomic E-state index is 11.9. The molecule has 1 aromatic rings.